The van der Waals surface area contributed by atoms with Crippen LogP contribution in [-0.2, 0) is 13.0 Å². The van der Waals surface area contributed by atoms with Gasteiger partial charge >= 0.3 is 5.97 Å². The lowest BCUT2D eigenvalue weighted by atomic mass is 10.3. The molecule has 0 saturated carbocycles. The molecule has 3 aromatic rings. The quantitative estimate of drug-likeness (QED) is 0.791. The molecule has 0 aliphatic carbocycles. The zero-order chi connectivity index (χ0) is 14.1. The summed E-state index contributed by atoms with van der Waals surface area (Å²) in [5, 5.41) is 8.86. The van der Waals surface area contributed by atoms with E-state index in [9.17, 15) is 4.79 Å². The Labute approximate surface area is 115 Å². The van der Waals surface area contributed by atoms with Gasteiger partial charge in [0.15, 0.2) is 0 Å². The minimum Gasteiger partial charge on any atom is -0.475 e. The average Bonchev–Trinajstić information content (AvgIpc) is 3.02. The van der Waals surface area contributed by atoms with Gasteiger partial charge in [0.05, 0.1) is 17.5 Å². The summed E-state index contributed by atoms with van der Waals surface area (Å²) >= 11 is 0. The molecule has 3 rings (SSSR count). The molecule has 102 valence electrons. The standard InChI is InChI=1S/C15H14N2O3/c1-2-17-12-6-4-3-5-11(12)16-14(17)9-10-7-8-13(20-10)15(18)19/h3-8H,2,9H2,1H3,(H,18,19). The topological polar surface area (TPSA) is 68.3 Å². The van der Waals surface area contributed by atoms with Crippen LogP contribution in [-0.4, -0.2) is 20.6 Å². The number of carbonyl (C=O) groups is 1. The van der Waals surface area contributed by atoms with Gasteiger partial charge in [0.1, 0.15) is 11.6 Å². The summed E-state index contributed by atoms with van der Waals surface area (Å²) < 4.78 is 7.40. The molecule has 0 fully saturated rings. The number of aromatic nitrogens is 2. The molecule has 1 aromatic carbocycles. The van der Waals surface area contributed by atoms with Gasteiger partial charge in [-0.2, -0.15) is 0 Å². The van der Waals surface area contributed by atoms with E-state index in [0.29, 0.717) is 12.2 Å². The number of aryl methyl sites for hydroxylation is 1. The molecule has 0 unspecified atom stereocenters. The molecule has 0 amide bonds. The first kappa shape index (κ1) is 12.5. The highest BCUT2D eigenvalue weighted by atomic mass is 16.4. The third-order valence-corrected chi connectivity index (χ3v) is 3.25. The van der Waals surface area contributed by atoms with Crippen LogP contribution in [0.15, 0.2) is 40.8 Å². The minimum absolute atomic E-state index is 0.0424. The van der Waals surface area contributed by atoms with E-state index in [4.69, 9.17) is 9.52 Å². The number of imidazole rings is 1. The number of benzene rings is 1. The Hall–Kier alpha value is -2.56. The average molecular weight is 270 g/mol. The van der Waals surface area contributed by atoms with Crippen LogP contribution in [0.4, 0.5) is 0 Å². The fraction of sp³-hybridized carbons (Fsp3) is 0.200. The Bertz CT molecular complexity index is 770. The molecule has 0 atom stereocenters. The predicted octanol–water partition coefficient (Wildman–Crippen LogP) is 2.94. The number of carboxylic acid groups (broad SMARTS) is 1. The molecule has 5 nitrogen and oxygen atoms in total. The lowest BCUT2D eigenvalue weighted by Gasteiger charge is -2.04. The lowest BCUT2D eigenvalue weighted by Crippen LogP contribution is -2.02. The fourth-order valence-electron chi connectivity index (χ4n) is 2.36. The summed E-state index contributed by atoms with van der Waals surface area (Å²) in [6, 6.07) is 11.1. The maximum atomic E-state index is 10.8. The van der Waals surface area contributed by atoms with E-state index >= 15 is 0 Å². The van der Waals surface area contributed by atoms with E-state index in [1.165, 1.54) is 6.07 Å². The number of aromatic carboxylic acids is 1. The van der Waals surface area contributed by atoms with Gasteiger partial charge in [-0.1, -0.05) is 12.1 Å². The van der Waals surface area contributed by atoms with Crippen molar-refractivity contribution in [1.82, 2.24) is 9.55 Å². The number of fused-ring (bicyclic) bond motifs is 1. The Balaban J connectivity index is 1.99. The highest BCUT2D eigenvalue weighted by Crippen LogP contribution is 2.19. The van der Waals surface area contributed by atoms with Crippen molar-refractivity contribution in [2.45, 2.75) is 19.9 Å². The Morgan fingerprint density at radius 1 is 1.30 bits per heavy atom. The molecule has 0 bridgehead atoms. The number of para-hydroxylation sites is 2. The van der Waals surface area contributed by atoms with E-state index in [1.54, 1.807) is 6.07 Å². The number of hydrogen-bond donors (Lipinski definition) is 1. The van der Waals surface area contributed by atoms with Crippen LogP contribution in [0, 0.1) is 0 Å². The summed E-state index contributed by atoms with van der Waals surface area (Å²) in [5.74, 6) is 0.381. The summed E-state index contributed by atoms with van der Waals surface area (Å²) in [7, 11) is 0. The number of hydrogen-bond acceptors (Lipinski definition) is 3. The smallest absolute Gasteiger partial charge is 0.371 e. The molecule has 2 heterocycles. The lowest BCUT2D eigenvalue weighted by molar-refractivity contribution is 0.0660. The molecule has 0 saturated heterocycles. The van der Waals surface area contributed by atoms with Crippen molar-refractivity contribution in [3.63, 3.8) is 0 Å². The molecular formula is C15H14N2O3. The van der Waals surface area contributed by atoms with Crippen LogP contribution in [0.2, 0.25) is 0 Å². The maximum absolute atomic E-state index is 10.8. The Morgan fingerprint density at radius 3 is 2.80 bits per heavy atom. The second-order valence-electron chi connectivity index (χ2n) is 4.51. The first-order valence-electron chi connectivity index (χ1n) is 6.45. The van der Waals surface area contributed by atoms with Gasteiger partial charge in [0.2, 0.25) is 5.76 Å². The first-order chi connectivity index (χ1) is 9.69. The summed E-state index contributed by atoms with van der Waals surface area (Å²) in [4.78, 5) is 15.4. The van der Waals surface area contributed by atoms with E-state index < -0.39 is 5.97 Å². The van der Waals surface area contributed by atoms with Crippen molar-refractivity contribution in [1.29, 1.82) is 0 Å². The second kappa shape index (κ2) is 4.85. The molecule has 0 radical (unpaired) electrons. The molecular weight excluding hydrogens is 256 g/mol. The van der Waals surface area contributed by atoms with Crippen molar-refractivity contribution in [2.75, 3.05) is 0 Å². The van der Waals surface area contributed by atoms with Gasteiger partial charge in [0, 0.05) is 6.54 Å². The van der Waals surface area contributed by atoms with Gasteiger partial charge in [-0.3, -0.25) is 0 Å². The van der Waals surface area contributed by atoms with Gasteiger partial charge in [-0.25, -0.2) is 9.78 Å². The first-order valence-corrected chi connectivity index (χ1v) is 6.45. The van der Waals surface area contributed by atoms with Crippen molar-refractivity contribution < 1.29 is 14.3 Å². The van der Waals surface area contributed by atoms with Gasteiger partial charge in [-0.05, 0) is 31.2 Å². The van der Waals surface area contributed by atoms with Crippen LogP contribution in [0.25, 0.3) is 11.0 Å². The Kier molecular flexibility index (Phi) is 3.02. The van der Waals surface area contributed by atoms with Gasteiger partial charge in [-0.15, -0.1) is 0 Å². The van der Waals surface area contributed by atoms with Crippen molar-refractivity contribution in [3.8, 4) is 0 Å². The van der Waals surface area contributed by atoms with Crippen LogP contribution in [0.1, 0.15) is 29.1 Å². The van der Waals surface area contributed by atoms with Gasteiger partial charge < -0.3 is 14.1 Å². The van der Waals surface area contributed by atoms with Crippen LogP contribution in [0.3, 0.4) is 0 Å². The zero-order valence-corrected chi connectivity index (χ0v) is 11.0. The SMILES string of the molecule is CCn1c(Cc2ccc(C(=O)O)o2)nc2ccccc21. The van der Waals surface area contributed by atoms with Crippen LogP contribution >= 0.6 is 0 Å². The molecule has 20 heavy (non-hydrogen) atoms. The third kappa shape index (κ3) is 2.07. The highest BCUT2D eigenvalue weighted by Gasteiger charge is 2.13. The molecule has 0 spiro atoms. The molecule has 5 heteroatoms. The normalized spacial score (nSPS) is 11.1. The molecule has 2 aromatic heterocycles. The minimum atomic E-state index is -1.06. The number of carboxylic acids is 1. The van der Waals surface area contributed by atoms with Crippen LogP contribution in [0.5, 0.6) is 0 Å². The summed E-state index contributed by atoms with van der Waals surface area (Å²) in [5.41, 5.74) is 2.02. The molecule has 0 aliphatic heterocycles. The number of furan rings is 1. The maximum Gasteiger partial charge on any atom is 0.371 e. The fourth-order valence-corrected chi connectivity index (χ4v) is 2.36. The van der Waals surface area contributed by atoms with Gasteiger partial charge in [0.25, 0.3) is 0 Å². The Morgan fingerprint density at radius 2 is 2.10 bits per heavy atom. The van der Waals surface area contributed by atoms with E-state index in [2.05, 4.69) is 16.5 Å². The monoisotopic (exact) mass is 270 g/mol. The van der Waals surface area contributed by atoms with Crippen molar-refractivity contribution in [2.24, 2.45) is 0 Å². The van der Waals surface area contributed by atoms with Crippen molar-refractivity contribution in [3.05, 3.63) is 53.7 Å². The predicted molar refractivity (Wildman–Crippen MR) is 73.9 cm³/mol. The number of nitrogens with zero attached hydrogens (tertiary/aromatic N) is 2. The second-order valence-corrected chi connectivity index (χ2v) is 4.51. The summed E-state index contributed by atoms with van der Waals surface area (Å²) in [6.07, 6.45) is 0.482. The molecule has 0 aliphatic rings. The van der Waals surface area contributed by atoms with Crippen LogP contribution < -0.4 is 0 Å². The van der Waals surface area contributed by atoms with E-state index in [1.807, 2.05) is 24.3 Å². The van der Waals surface area contributed by atoms with E-state index in [-0.39, 0.29) is 5.76 Å². The van der Waals surface area contributed by atoms with Crippen molar-refractivity contribution >= 4 is 17.0 Å². The summed E-state index contributed by atoms with van der Waals surface area (Å²) in [6.45, 7) is 2.87. The number of rotatable bonds is 4. The molecule has 1 N–H and O–H groups in total. The van der Waals surface area contributed by atoms with E-state index in [0.717, 1.165) is 23.4 Å². The largest absolute Gasteiger partial charge is 0.475 e. The third-order valence-electron chi connectivity index (χ3n) is 3.25. The highest BCUT2D eigenvalue weighted by molar-refractivity contribution is 5.84. The zero-order valence-electron chi connectivity index (χ0n) is 11.0.